The van der Waals surface area contributed by atoms with Gasteiger partial charge in [0, 0.05) is 10.4 Å². The highest BCUT2D eigenvalue weighted by Gasteiger charge is 2.27. The molecule has 1 aliphatic rings. The van der Waals surface area contributed by atoms with Crippen LogP contribution in [0.15, 0.2) is 40.2 Å². The van der Waals surface area contributed by atoms with E-state index in [4.69, 9.17) is 4.52 Å². The van der Waals surface area contributed by atoms with Crippen molar-refractivity contribution in [2.45, 2.75) is 25.2 Å². The van der Waals surface area contributed by atoms with Gasteiger partial charge in [0.15, 0.2) is 0 Å². The zero-order valence-corrected chi connectivity index (χ0v) is 12.1. The zero-order chi connectivity index (χ0) is 14.2. The molecule has 1 aromatic carbocycles. The lowest BCUT2D eigenvalue weighted by Crippen LogP contribution is -2.08. The Morgan fingerprint density at radius 2 is 2.05 bits per heavy atom. The molecule has 0 saturated carbocycles. The van der Waals surface area contributed by atoms with Crippen LogP contribution in [0.2, 0.25) is 0 Å². The minimum Gasteiger partial charge on any atom is -0.508 e. The third-order valence-corrected chi connectivity index (χ3v) is 4.91. The molecule has 21 heavy (non-hydrogen) atoms. The van der Waals surface area contributed by atoms with Crippen LogP contribution in [-0.2, 0) is 6.42 Å². The van der Waals surface area contributed by atoms with Gasteiger partial charge in [-0.15, -0.1) is 11.3 Å². The Kier molecular flexibility index (Phi) is 3.00. The molecule has 0 spiro atoms. The van der Waals surface area contributed by atoms with Gasteiger partial charge in [-0.25, -0.2) is 0 Å². The molecule has 1 unspecified atom stereocenters. The Morgan fingerprint density at radius 3 is 2.90 bits per heavy atom. The fourth-order valence-electron chi connectivity index (χ4n) is 2.85. The Balaban J connectivity index is 1.68. The highest BCUT2D eigenvalue weighted by molar-refractivity contribution is 7.10. The number of hydrogen-bond acceptors (Lipinski definition) is 5. The molecule has 5 heteroatoms. The molecule has 0 bridgehead atoms. The fraction of sp³-hybridized carbons (Fsp3) is 0.250. The molecule has 1 aliphatic carbocycles. The minimum atomic E-state index is 0.221. The van der Waals surface area contributed by atoms with Crippen molar-refractivity contribution in [1.29, 1.82) is 0 Å². The summed E-state index contributed by atoms with van der Waals surface area (Å²) in [5.41, 5.74) is 2.19. The van der Waals surface area contributed by atoms with Crippen LogP contribution in [0.25, 0.3) is 11.4 Å². The van der Waals surface area contributed by atoms with E-state index in [-0.39, 0.29) is 11.7 Å². The van der Waals surface area contributed by atoms with E-state index in [0.717, 1.165) is 24.8 Å². The van der Waals surface area contributed by atoms with Gasteiger partial charge in [0.2, 0.25) is 11.7 Å². The average Bonchev–Trinajstić information content (AvgIpc) is 3.16. The SMILES string of the molecule is Oc1ccc(-c2noc(C3CCCc4sccc43)n2)cc1. The van der Waals surface area contributed by atoms with E-state index in [0.29, 0.717) is 11.7 Å². The number of hydrogen-bond donors (Lipinski definition) is 1. The molecular weight excluding hydrogens is 284 g/mol. The van der Waals surface area contributed by atoms with E-state index < -0.39 is 0 Å². The van der Waals surface area contributed by atoms with Gasteiger partial charge in [0.25, 0.3) is 0 Å². The number of aryl methyl sites for hydroxylation is 1. The largest absolute Gasteiger partial charge is 0.508 e. The van der Waals surface area contributed by atoms with Crippen molar-refractivity contribution in [2.24, 2.45) is 0 Å². The summed E-state index contributed by atoms with van der Waals surface area (Å²) >= 11 is 1.81. The van der Waals surface area contributed by atoms with Crippen molar-refractivity contribution in [2.75, 3.05) is 0 Å². The molecule has 1 atom stereocenters. The lowest BCUT2D eigenvalue weighted by molar-refractivity contribution is 0.355. The second kappa shape index (κ2) is 5.00. The molecule has 0 amide bonds. The van der Waals surface area contributed by atoms with E-state index in [1.807, 2.05) is 11.3 Å². The van der Waals surface area contributed by atoms with Crippen molar-refractivity contribution >= 4 is 11.3 Å². The van der Waals surface area contributed by atoms with Crippen LogP contribution in [0.5, 0.6) is 5.75 Å². The Morgan fingerprint density at radius 1 is 1.19 bits per heavy atom. The minimum absolute atomic E-state index is 0.221. The molecular formula is C16H14N2O2S. The number of nitrogens with zero attached hydrogens (tertiary/aromatic N) is 2. The van der Waals surface area contributed by atoms with Crippen LogP contribution in [0.4, 0.5) is 0 Å². The summed E-state index contributed by atoms with van der Waals surface area (Å²) in [4.78, 5) is 6.00. The van der Waals surface area contributed by atoms with Gasteiger partial charge in [-0.1, -0.05) is 5.16 Å². The van der Waals surface area contributed by atoms with E-state index >= 15 is 0 Å². The molecule has 4 nitrogen and oxygen atoms in total. The van der Waals surface area contributed by atoms with E-state index in [2.05, 4.69) is 21.6 Å². The van der Waals surface area contributed by atoms with Crippen molar-refractivity contribution in [3.63, 3.8) is 0 Å². The van der Waals surface area contributed by atoms with Crippen molar-refractivity contribution in [3.8, 4) is 17.1 Å². The fourth-order valence-corrected chi connectivity index (χ4v) is 3.83. The summed E-state index contributed by atoms with van der Waals surface area (Å²) in [6, 6.07) is 9.02. The Labute approximate surface area is 126 Å². The van der Waals surface area contributed by atoms with Gasteiger partial charge in [-0.3, -0.25) is 0 Å². The van der Waals surface area contributed by atoms with Crippen LogP contribution in [-0.4, -0.2) is 15.2 Å². The quantitative estimate of drug-likeness (QED) is 0.777. The summed E-state index contributed by atoms with van der Waals surface area (Å²) in [6.45, 7) is 0. The molecule has 0 fully saturated rings. The van der Waals surface area contributed by atoms with Crippen LogP contribution < -0.4 is 0 Å². The van der Waals surface area contributed by atoms with Gasteiger partial charge in [-0.05, 0) is 60.5 Å². The summed E-state index contributed by atoms with van der Waals surface area (Å²) in [5, 5.41) is 15.6. The van der Waals surface area contributed by atoms with Gasteiger partial charge >= 0.3 is 0 Å². The number of fused-ring (bicyclic) bond motifs is 1. The Bertz CT molecular complexity index is 761. The van der Waals surface area contributed by atoms with Gasteiger partial charge in [0.05, 0.1) is 5.92 Å². The predicted molar refractivity (Wildman–Crippen MR) is 80.5 cm³/mol. The monoisotopic (exact) mass is 298 g/mol. The lowest BCUT2D eigenvalue weighted by atomic mass is 9.88. The van der Waals surface area contributed by atoms with Crippen LogP contribution >= 0.6 is 11.3 Å². The summed E-state index contributed by atoms with van der Waals surface area (Å²) < 4.78 is 5.50. The normalized spacial score (nSPS) is 17.6. The second-order valence-corrected chi connectivity index (χ2v) is 6.25. The van der Waals surface area contributed by atoms with E-state index in [1.54, 1.807) is 24.3 Å². The predicted octanol–water partition coefficient (Wildman–Crippen LogP) is 3.97. The molecule has 0 saturated heterocycles. The number of phenolic OH excluding ortho intramolecular Hbond substituents is 1. The third-order valence-electron chi connectivity index (χ3n) is 3.92. The molecule has 4 rings (SSSR count). The Hall–Kier alpha value is -2.14. The first-order valence-electron chi connectivity index (χ1n) is 7.00. The summed E-state index contributed by atoms with van der Waals surface area (Å²) in [6.07, 6.45) is 3.37. The maximum Gasteiger partial charge on any atom is 0.234 e. The first-order valence-corrected chi connectivity index (χ1v) is 7.88. The first kappa shape index (κ1) is 12.6. The van der Waals surface area contributed by atoms with Crippen LogP contribution in [0.3, 0.4) is 0 Å². The molecule has 1 N–H and O–H groups in total. The molecule has 3 aromatic rings. The van der Waals surface area contributed by atoms with Gasteiger partial charge < -0.3 is 9.63 Å². The highest BCUT2D eigenvalue weighted by Crippen LogP contribution is 2.38. The van der Waals surface area contributed by atoms with E-state index in [9.17, 15) is 5.11 Å². The number of benzene rings is 1. The molecule has 2 heterocycles. The summed E-state index contributed by atoms with van der Waals surface area (Å²) in [5.74, 6) is 1.72. The van der Waals surface area contributed by atoms with Crippen molar-refractivity contribution in [1.82, 2.24) is 10.1 Å². The van der Waals surface area contributed by atoms with Crippen LogP contribution in [0.1, 0.15) is 35.1 Å². The maximum absolute atomic E-state index is 9.34. The van der Waals surface area contributed by atoms with E-state index in [1.165, 1.54) is 10.4 Å². The number of thiophene rings is 1. The van der Waals surface area contributed by atoms with Gasteiger partial charge in [0.1, 0.15) is 5.75 Å². The maximum atomic E-state index is 9.34. The van der Waals surface area contributed by atoms with Gasteiger partial charge in [-0.2, -0.15) is 4.98 Å². The second-order valence-electron chi connectivity index (χ2n) is 5.25. The lowest BCUT2D eigenvalue weighted by Gasteiger charge is -2.18. The highest BCUT2D eigenvalue weighted by atomic mass is 32.1. The van der Waals surface area contributed by atoms with Crippen molar-refractivity contribution in [3.05, 3.63) is 52.0 Å². The number of aromatic hydroxyl groups is 1. The first-order chi connectivity index (χ1) is 10.3. The van der Waals surface area contributed by atoms with Crippen LogP contribution in [0, 0.1) is 0 Å². The van der Waals surface area contributed by atoms with Crippen molar-refractivity contribution < 1.29 is 9.63 Å². The molecule has 2 aromatic heterocycles. The molecule has 0 aliphatic heterocycles. The number of rotatable bonds is 2. The average molecular weight is 298 g/mol. The zero-order valence-electron chi connectivity index (χ0n) is 11.3. The number of aromatic nitrogens is 2. The standard InChI is InChI=1S/C16H14N2O2S/c19-11-6-4-10(5-7-11)15-17-16(20-18-15)13-2-1-3-14-12(13)8-9-21-14/h4-9,13,19H,1-3H2. The topological polar surface area (TPSA) is 59.2 Å². The molecule has 106 valence electrons. The smallest absolute Gasteiger partial charge is 0.234 e. The number of phenols is 1. The summed E-state index contributed by atoms with van der Waals surface area (Å²) in [7, 11) is 0. The molecule has 0 radical (unpaired) electrons. The third kappa shape index (κ3) is 2.23.